The zero-order valence-electron chi connectivity index (χ0n) is 10.3. The molecule has 0 radical (unpaired) electrons. The summed E-state index contributed by atoms with van der Waals surface area (Å²) in [5.41, 5.74) is 0.876. The van der Waals surface area contributed by atoms with Crippen LogP contribution in [0.1, 0.15) is 5.69 Å². The molecule has 1 saturated heterocycles. The zero-order chi connectivity index (χ0) is 13.2. The molecule has 0 bridgehead atoms. The Morgan fingerprint density at radius 1 is 1.28 bits per heavy atom. The number of hydrogen-bond donors (Lipinski definition) is 1. The molecule has 1 fully saturated rings. The molecular formula is C11H17N3O3S. The number of hydrogen-bond acceptors (Lipinski definition) is 5. The van der Waals surface area contributed by atoms with Gasteiger partial charge < -0.3 is 5.11 Å². The average molecular weight is 271 g/mol. The monoisotopic (exact) mass is 271 g/mol. The summed E-state index contributed by atoms with van der Waals surface area (Å²) in [5.74, 6) is 0.153. The third-order valence-electron chi connectivity index (χ3n) is 3.00. The van der Waals surface area contributed by atoms with Crippen LogP contribution in [0.2, 0.25) is 0 Å². The van der Waals surface area contributed by atoms with Gasteiger partial charge in [0.05, 0.1) is 18.1 Å². The molecule has 1 N–H and O–H groups in total. The molecule has 1 aromatic rings. The van der Waals surface area contributed by atoms with Crippen LogP contribution in [0.25, 0.3) is 0 Å². The van der Waals surface area contributed by atoms with Crippen molar-refractivity contribution in [2.75, 3.05) is 32.4 Å². The quantitative estimate of drug-likeness (QED) is 0.828. The smallest absolute Gasteiger partial charge is 0.211 e. The Labute approximate surface area is 107 Å². The first-order valence-electron chi connectivity index (χ1n) is 5.76. The van der Waals surface area contributed by atoms with Gasteiger partial charge in [-0.2, -0.15) is 4.31 Å². The Kier molecular flexibility index (Phi) is 3.84. The number of piperazine rings is 1. The van der Waals surface area contributed by atoms with Crippen LogP contribution in [0.3, 0.4) is 0 Å². The summed E-state index contributed by atoms with van der Waals surface area (Å²) < 4.78 is 24.2. The van der Waals surface area contributed by atoms with E-state index in [0.717, 1.165) is 5.69 Å². The van der Waals surface area contributed by atoms with Crippen molar-refractivity contribution in [1.29, 1.82) is 0 Å². The van der Waals surface area contributed by atoms with Crippen molar-refractivity contribution in [3.63, 3.8) is 0 Å². The second-order valence-corrected chi connectivity index (χ2v) is 6.43. The van der Waals surface area contributed by atoms with E-state index in [0.29, 0.717) is 32.7 Å². The predicted molar refractivity (Wildman–Crippen MR) is 67.6 cm³/mol. The van der Waals surface area contributed by atoms with Gasteiger partial charge in [0.1, 0.15) is 5.75 Å². The van der Waals surface area contributed by atoms with E-state index in [1.54, 1.807) is 12.1 Å². The largest absolute Gasteiger partial charge is 0.506 e. The van der Waals surface area contributed by atoms with Gasteiger partial charge in [0.2, 0.25) is 10.0 Å². The second kappa shape index (κ2) is 5.21. The number of rotatable bonds is 3. The van der Waals surface area contributed by atoms with Crippen LogP contribution in [0.15, 0.2) is 18.3 Å². The van der Waals surface area contributed by atoms with Crippen molar-refractivity contribution < 1.29 is 13.5 Å². The molecule has 100 valence electrons. The van der Waals surface area contributed by atoms with Crippen LogP contribution in [-0.4, -0.2) is 60.1 Å². The fourth-order valence-electron chi connectivity index (χ4n) is 1.96. The van der Waals surface area contributed by atoms with Crippen LogP contribution in [0.5, 0.6) is 5.75 Å². The average Bonchev–Trinajstić information content (AvgIpc) is 2.32. The third-order valence-corrected chi connectivity index (χ3v) is 4.30. The first kappa shape index (κ1) is 13.3. The molecule has 1 aromatic heterocycles. The molecule has 2 heterocycles. The molecule has 0 aliphatic carbocycles. The Morgan fingerprint density at radius 3 is 2.44 bits per heavy atom. The van der Waals surface area contributed by atoms with Crippen molar-refractivity contribution in [2.24, 2.45) is 0 Å². The number of pyridine rings is 1. The number of nitrogens with zero attached hydrogens (tertiary/aromatic N) is 3. The summed E-state index contributed by atoms with van der Waals surface area (Å²) in [6, 6.07) is 3.38. The molecule has 0 saturated carbocycles. The molecule has 0 amide bonds. The summed E-state index contributed by atoms with van der Waals surface area (Å²) in [7, 11) is -3.07. The molecule has 0 unspecified atom stereocenters. The molecule has 2 rings (SSSR count). The summed E-state index contributed by atoms with van der Waals surface area (Å²) in [6.07, 6.45) is 2.66. The van der Waals surface area contributed by atoms with E-state index >= 15 is 0 Å². The van der Waals surface area contributed by atoms with Crippen LogP contribution in [0.4, 0.5) is 0 Å². The zero-order valence-corrected chi connectivity index (χ0v) is 11.1. The van der Waals surface area contributed by atoms with E-state index in [1.165, 1.54) is 16.8 Å². The molecule has 7 heteroatoms. The van der Waals surface area contributed by atoms with Gasteiger partial charge in [0, 0.05) is 32.7 Å². The second-order valence-electron chi connectivity index (χ2n) is 4.45. The first-order valence-corrected chi connectivity index (χ1v) is 7.61. The first-order chi connectivity index (χ1) is 8.45. The Bertz CT molecular complexity index is 493. The normalized spacial score (nSPS) is 18.9. The van der Waals surface area contributed by atoms with E-state index in [2.05, 4.69) is 9.88 Å². The van der Waals surface area contributed by atoms with Crippen molar-refractivity contribution in [3.05, 3.63) is 24.0 Å². The molecule has 0 aromatic carbocycles. The van der Waals surface area contributed by atoms with E-state index in [9.17, 15) is 8.42 Å². The fraction of sp³-hybridized carbons (Fsp3) is 0.545. The van der Waals surface area contributed by atoms with Gasteiger partial charge in [0.25, 0.3) is 0 Å². The number of aromatic nitrogens is 1. The summed E-state index contributed by atoms with van der Waals surface area (Å²) in [5, 5.41) is 9.14. The summed E-state index contributed by atoms with van der Waals surface area (Å²) in [4.78, 5) is 6.27. The van der Waals surface area contributed by atoms with Crippen molar-refractivity contribution in [3.8, 4) is 5.75 Å². The van der Waals surface area contributed by atoms with Crippen LogP contribution >= 0.6 is 0 Å². The van der Waals surface area contributed by atoms with Crippen LogP contribution in [-0.2, 0) is 16.6 Å². The van der Waals surface area contributed by atoms with Gasteiger partial charge in [-0.25, -0.2) is 8.42 Å². The van der Waals surface area contributed by atoms with E-state index < -0.39 is 10.0 Å². The Balaban J connectivity index is 1.89. The van der Waals surface area contributed by atoms with Gasteiger partial charge in [-0.15, -0.1) is 0 Å². The Hall–Kier alpha value is -1.18. The fourth-order valence-corrected chi connectivity index (χ4v) is 2.79. The van der Waals surface area contributed by atoms with Gasteiger partial charge in [-0.05, 0) is 12.1 Å². The van der Waals surface area contributed by atoms with Gasteiger partial charge in [0.15, 0.2) is 0 Å². The van der Waals surface area contributed by atoms with Crippen LogP contribution in [0, 0.1) is 0 Å². The minimum Gasteiger partial charge on any atom is -0.506 e. The molecule has 6 nitrogen and oxygen atoms in total. The molecular weight excluding hydrogens is 254 g/mol. The van der Waals surface area contributed by atoms with Gasteiger partial charge in [-0.1, -0.05) is 0 Å². The summed E-state index contributed by atoms with van der Waals surface area (Å²) >= 11 is 0. The van der Waals surface area contributed by atoms with E-state index in [-0.39, 0.29) is 5.75 Å². The topological polar surface area (TPSA) is 73.7 Å². The van der Waals surface area contributed by atoms with E-state index in [4.69, 9.17) is 5.11 Å². The molecule has 18 heavy (non-hydrogen) atoms. The van der Waals surface area contributed by atoms with Gasteiger partial charge in [-0.3, -0.25) is 9.88 Å². The van der Waals surface area contributed by atoms with Crippen molar-refractivity contribution in [1.82, 2.24) is 14.2 Å². The highest BCUT2D eigenvalue weighted by Gasteiger charge is 2.23. The third kappa shape index (κ3) is 3.41. The minimum atomic E-state index is -3.07. The van der Waals surface area contributed by atoms with Gasteiger partial charge >= 0.3 is 0 Å². The lowest BCUT2D eigenvalue weighted by Gasteiger charge is -2.32. The number of sulfonamides is 1. The molecule has 0 atom stereocenters. The molecule has 0 spiro atoms. The highest BCUT2D eigenvalue weighted by molar-refractivity contribution is 7.88. The minimum absolute atomic E-state index is 0.153. The van der Waals surface area contributed by atoms with Crippen molar-refractivity contribution in [2.45, 2.75) is 6.54 Å². The van der Waals surface area contributed by atoms with Crippen molar-refractivity contribution >= 4 is 10.0 Å². The SMILES string of the molecule is CS(=O)(=O)N1CCN(Cc2ccc(O)cn2)CC1. The highest BCUT2D eigenvalue weighted by atomic mass is 32.2. The Morgan fingerprint density at radius 2 is 1.94 bits per heavy atom. The van der Waals surface area contributed by atoms with Crippen LogP contribution < -0.4 is 0 Å². The lowest BCUT2D eigenvalue weighted by Crippen LogP contribution is -2.47. The maximum Gasteiger partial charge on any atom is 0.211 e. The predicted octanol–water partition coefficient (Wildman–Crippen LogP) is -0.136. The molecule has 1 aliphatic heterocycles. The van der Waals surface area contributed by atoms with E-state index in [1.807, 2.05) is 0 Å². The maximum absolute atomic E-state index is 11.4. The number of aromatic hydroxyl groups is 1. The lowest BCUT2D eigenvalue weighted by atomic mass is 10.3. The molecule has 1 aliphatic rings. The highest BCUT2D eigenvalue weighted by Crippen LogP contribution is 2.11. The maximum atomic E-state index is 11.4. The summed E-state index contributed by atoms with van der Waals surface area (Å²) in [6.45, 7) is 3.14. The lowest BCUT2D eigenvalue weighted by molar-refractivity contribution is 0.180. The standard InChI is InChI=1S/C11H17N3O3S/c1-18(16,17)14-6-4-13(5-7-14)9-10-2-3-11(15)8-12-10/h2-3,8,15H,4-7,9H2,1H3.